The summed E-state index contributed by atoms with van der Waals surface area (Å²) < 4.78 is 0. The van der Waals surface area contributed by atoms with Gasteiger partial charge in [-0.25, -0.2) is 0 Å². The topological polar surface area (TPSA) is 92.5 Å². The summed E-state index contributed by atoms with van der Waals surface area (Å²) in [5.41, 5.74) is 14.9. The third kappa shape index (κ3) is 2.77. The van der Waals surface area contributed by atoms with Crippen molar-refractivity contribution in [2.45, 2.75) is 44.9 Å². The molecule has 1 fully saturated rings. The van der Waals surface area contributed by atoms with Gasteiger partial charge in [0.05, 0.1) is 11.4 Å². The molecule has 2 aromatic rings. The van der Waals surface area contributed by atoms with Gasteiger partial charge in [0, 0.05) is 5.41 Å². The Morgan fingerprint density at radius 3 is 1.75 bits per heavy atom. The zero-order valence-electron chi connectivity index (χ0n) is 14.3. The van der Waals surface area contributed by atoms with Gasteiger partial charge < -0.3 is 21.7 Å². The minimum atomic E-state index is -0.217. The van der Waals surface area contributed by atoms with Crippen molar-refractivity contribution in [2.24, 2.45) is 5.41 Å². The minimum absolute atomic E-state index is 0.106. The van der Waals surface area contributed by atoms with E-state index in [1.54, 1.807) is 12.1 Å². The molecular weight excluding hydrogens is 300 g/mol. The van der Waals surface area contributed by atoms with Gasteiger partial charge in [-0.05, 0) is 60.1 Å². The van der Waals surface area contributed by atoms with Crippen molar-refractivity contribution in [2.75, 3.05) is 11.5 Å². The summed E-state index contributed by atoms with van der Waals surface area (Å²) in [6.07, 6.45) is 4.24. The van der Waals surface area contributed by atoms with Crippen LogP contribution in [0.5, 0.6) is 11.5 Å². The molecule has 1 aliphatic rings. The minimum Gasteiger partial charge on any atom is -0.506 e. The number of anilines is 2. The van der Waals surface area contributed by atoms with Crippen LogP contribution in [0.15, 0.2) is 36.4 Å². The van der Waals surface area contributed by atoms with Gasteiger partial charge in [-0.15, -0.1) is 0 Å². The van der Waals surface area contributed by atoms with Crippen LogP contribution in [0.2, 0.25) is 0 Å². The first-order valence-corrected chi connectivity index (χ1v) is 8.41. The Morgan fingerprint density at radius 2 is 1.33 bits per heavy atom. The number of hydrogen-bond acceptors (Lipinski definition) is 4. The predicted octanol–water partition coefficient (Wildman–Crippen LogP) is 4.15. The van der Waals surface area contributed by atoms with E-state index in [4.69, 9.17) is 11.5 Å². The van der Waals surface area contributed by atoms with E-state index in [1.165, 1.54) is 6.42 Å². The Labute approximate surface area is 143 Å². The largest absolute Gasteiger partial charge is 0.506 e. The summed E-state index contributed by atoms with van der Waals surface area (Å²) in [7, 11) is 0. The first-order valence-electron chi connectivity index (χ1n) is 8.41. The summed E-state index contributed by atoms with van der Waals surface area (Å²) in [5, 5.41) is 19.6. The molecule has 0 aliphatic heterocycles. The van der Waals surface area contributed by atoms with Crippen molar-refractivity contribution >= 4 is 11.4 Å². The fourth-order valence-electron chi connectivity index (χ4n) is 4.23. The van der Waals surface area contributed by atoms with Crippen LogP contribution in [0.4, 0.5) is 11.4 Å². The van der Waals surface area contributed by atoms with Crippen molar-refractivity contribution in [3.8, 4) is 11.5 Å². The number of hydrogen-bond donors (Lipinski definition) is 4. The standard InChI is InChI=1S/C20H26N2O2/c1-19(2)8-3-9-20(12-19,13-4-6-17(23)15(21)10-13)14-5-7-18(24)16(22)11-14/h4-7,10-11,23-24H,3,8-9,12,21-22H2,1-2H3. The molecular formula is C20H26N2O2. The van der Waals surface area contributed by atoms with Crippen molar-refractivity contribution in [1.82, 2.24) is 0 Å². The normalized spacial score (nSPS) is 19.1. The van der Waals surface area contributed by atoms with E-state index >= 15 is 0 Å². The van der Waals surface area contributed by atoms with E-state index in [1.807, 2.05) is 24.3 Å². The van der Waals surface area contributed by atoms with Gasteiger partial charge in [-0.1, -0.05) is 32.4 Å². The molecule has 0 heterocycles. The van der Waals surface area contributed by atoms with Gasteiger partial charge >= 0.3 is 0 Å². The molecule has 0 unspecified atom stereocenters. The third-order valence-electron chi connectivity index (χ3n) is 5.40. The maximum absolute atomic E-state index is 9.80. The van der Waals surface area contributed by atoms with Gasteiger partial charge in [0.1, 0.15) is 11.5 Å². The van der Waals surface area contributed by atoms with Crippen LogP contribution >= 0.6 is 0 Å². The predicted molar refractivity (Wildman–Crippen MR) is 98.1 cm³/mol. The quantitative estimate of drug-likeness (QED) is 0.493. The fraction of sp³-hybridized carbons (Fsp3) is 0.400. The second-order valence-corrected chi connectivity index (χ2v) is 7.82. The Bertz CT molecular complexity index is 717. The second-order valence-electron chi connectivity index (χ2n) is 7.82. The number of aromatic hydroxyl groups is 2. The number of phenols is 2. The number of nitrogens with two attached hydrogens (primary N) is 2. The van der Waals surface area contributed by atoms with Crippen molar-refractivity contribution in [3.63, 3.8) is 0 Å². The number of benzene rings is 2. The highest BCUT2D eigenvalue weighted by Crippen LogP contribution is 2.52. The van der Waals surface area contributed by atoms with Crippen LogP contribution in [0.1, 0.15) is 50.7 Å². The third-order valence-corrected chi connectivity index (χ3v) is 5.40. The molecule has 0 saturated heterocycles. The molecule has 0 aromatic heterocycles. The molecule has 0 spiro atoms. The van der Waals surface area contributed by atoms with E-state index in [0.717, 1.165) is 30.4 Å². The van der Waals surface area contributed by atoms with Gasteiger partial charge in [-0.3, -0.25) is 0 Å². The molecule has 24 heavy (non-hydrogen) atoms. The number of rotatable bonds is 2. The van der Waals surface area contributed by atoms with E-state index in [2.05, 4.69) is 13.8 Å². The molecule has 2 aromatic carbocycles. The van der Waals surface area contributed by atoms with E-state index in [0.29, 0.717) is 11.4 Å². The van der Waals surface area contributed by atoms with Crippen LogP contribution in [0.25, 0.3) is 0 Å². The Kier molecular flexibility index (Phi) is 3.86. The van der Waals surface area contributed by atoms with Crippen LogP contribution in [-0.2, 0) is 5.41 Å². The molecule has 0 radical (unpaired) electrons. The maximum Gasteiger partial charge on any atom is 0.138 e. The highest BCUT2D eigenvalue weighted by molar-refractivity contribution is 5.60. The molecule has 0 bridgehead atoms. The second kappa shape index (κ2) is 5.62. The molecule has 6 N–H and O–H groups in total. The molecule has 1 saturated carbocycles. The van der Waals surface area contributed by atoms with E-state index in [9.17, 15) is 10.2 Å². The number of nitrogen functional groups attached to an aromatic ring is 2. The lowest BCUT2D eigenvalue weighted by Gasteiger charge is -2.46. The smallest absolute Gasteiger partial charge is 0.138 e. The van der Waals surface area contributed by atoms with Crippen LogP contribution < -0.4 is 11.5 Å². The van der Waals surface area contributed by atoms with Gasteiger partial charge in [0.25, 0.3) is 0 Å². The van der Waals surface area contributed by atoms with Crippen LogP contribution in [0.3, 0.4) is 0 Å². The first kappa shape index (κ1) is 16.5. The summed E-state index contributed by atoms with van der Waals surface area (Å²) in [4.78, 5) is 0. The maximum atomic E-state index is 9.80. The average molecular weight is 326 g/mol. The summed E-state index contributed by atoms with van der Waals surface area (Å²) in [6.45, 7) is 4.57. The molecule has 0 atom stereocenters. The van der Waals surface area contributed by atoms with E-state index in [-0.39, 0.29) is 22.3 Å². The Morgan fingerprint density at radius 1 is 0.833 bits per heavy atom. The molecule has 0 amide bonds. The molecule has 4 nitrogen and oxygen atoms in total. The van der Waals surface area contributed by atoms with Crippen molar-refractivity contribution in [3.05, 3.63) is 47.5 Å². The lowest BCUT2D eigenvalue weighted by molar-refractivity contribution is 0.173. The molecule has 3 rings (SSSR count). The fourth-order valence-corrected chi connectivity index (χ4v) is 4.23. The zero-order chi connectivity index (χ0) is 17.5. The summed E-state index contributed by atoms with van der Waals surface area (Å²) in [5.74, 6) is 0.211. The lowest BCUT2D eigenvalue weighted by atomic mass is 9.58. The van der Waals surface area contributed by atoms with E-state index < -0.39 is 0 Å². The van der Waals surface area contributed by atoms with Crippen molar-refractivity contribution in [1.29, 1.82) is 0 Å². The summed E-state index contributed by atoms with van der Waals surface area (Å²) >= 11 is 0. The SMILES string of the molecule is CC1(C)CCCC(c2ccc(O)c(N)c2)(c2ccc(O)c(N)c2)C1. The van der Waals surface area contributed by atoms with Gasteiger partial charge in [-0.2, -0.15) is 0 Å². The molecule has 128 valence electrons. The highest BCUT2D eigenvalue weighted by Gasteiger charge is 2.42. The average Bonchev–Trinajstić information content (AvgIpc) is 2.51. The van der Waals surface area contributed by atoms with Crippen molar-refractivity contribution < 1.29 is 10.2 Å². The monoisotopic (exact) mass is 326 g/mol. The zero-order valence-corrected chi connectivity index (χ0v) is 14.3. The molecule has 4 heteroatoms. The Balaban J connectivity index is 2.20. The van der Waals surface area contributed by atoms with Gasteiger partial charge in [0.15, 0.2) is 0 Å². The van der Waals surface area contributed by atoms with Gasteiger partial charge in [0.2, 0.25) is 0 Å². The van der Waals surface area contributed by atoms with Crippen LogP contribution in [0, 0.1) is 5.41 Å². The summed E-state index contributed by atoms with van der Waals surface area (Å²) in [6, 6.07) is 11.0. The van der Waals surface area contributed by atoms with Crippen LogP contribution in [-0.4, -0.2) is 10.2 Å². The number of phenolic OH excluding ortho intramolecular Hbond substituents is 2. The Hall–Kier alpha value is -2.36. The highest BCUT2D eigenvalue weighted by atomic mass is 16.3. The lowest BCUT2D eigenvalue weighted by Crippen LogP contribution is -2.38. The first-order chi connectivity index (χ1) is 11.2. The molecule has 1 aliphatic carbocycles.